The molecule has 1 aromatic heterocycles. The number of aromatic nitrogens is 2. The average molecular weight is 401 g/mol. The van der Waals surface area contributed by atoms with E-state index >= 15 is 0 Å². The van der Waals surface area contributed by atoms with E-state index in [1.54, 1.807) is 30.3 Å². The molecule has 1 amide bonds. The lowest BCUT2D eigenvalue weighted by atomic mass is 10.2. The number of methoxy groups -OCH3 is 1. The summed E-state index contributed by atoms with van der Waals surface area (Å²) >= 11 is 0.971. The highest BCUT2D eigenvalue weighted by atomic mass is 32.2. The summed E-state index contributed by atoms with van der Waals surface area (Å²) in [4.78, 5) is 41.0. The van der Waals surface area contributed by atoms with Crippen LogP contribution in [0.25, 0.3) is 10.9 Å². The maximum absolute atomic E-state index is 13.7. The third kappa shape index (κ3) is 4.37. The van der Waals surface area contributed by atoms with Gasteiger partial charge in [0.1, 0.15) is 12.4 Å². The first-order chi connectivity index (χ1) is 13.5. The molecule has 2 aromatic carbocycles. The summed E-state index contributed by atoms with van der Waals surface area (Å²) in [7, 11) is 1.22. The van der Waals surface area contributed by atoms with E-state index in [9.17, 15) is 18.8 Å². The van der Waals surface area contributed by atoms with Gasteiger partial charge in [-0.3, -0.25) is 19.0 Å². The van der Waals surface area contributed by atoms with E-state index in [2.05, 4.69) is 15.0 Å². The third-order valence-electron chi connectivity index (χ3n) is 3.82. The van der Waals surface area contributed by atoms with Crippen molar-refractivity contribution < 1.29 is 18.7 Å². The van der Waals surface area contributed by atoms with Gasteiger partial charge in [-0.05, 0) is 24.3 Å². The second kappa shape index (κ2) is 8.66. The molecule has 7 nitrogen and oxygen atoms in total. The molecule has 0 atom stereocenters. The molecule has 3 rings (SSSR count). The van der Waals surface area contributed by atoms with E-state index in [-0.39, 0.29) is 23.1 Å². The van der Waals surface area contributed by atoms with Crippen LogP contribution in [0.4, 0.5) is 10.1 Å². The van der Waals surface area contributed by atoms with Gasteiger partial charge in [0.2, 0.25) is 5.91 Å². The van der Waals surface area contributed by atoms with Crippen LogP contribution in [0.15, 0.2) is 58.5 Å². The van der Waals surface area contributed by atoms with Crippen LogP contribution >= 0.6 is 11.8 Å². The molecule has 0 radical (unpaired) electrons. The van der Waals surface area contributed by atoms with Crippen LogP contribution in [-0.4, -0.2) is 34.3 Å². The number of anilines is 1. The smallest absolute Gasteiger partial charge is 0.325 e. The summed E-state index contributed by atoms with van der Waals surface area (Å²) in [6.45, 7) is -0.329. The van der Waals surface area contributed by atoms with Crippen molar-refractivity contribution >= 4 is 40.2 Å². The number of nitrogens with one attached hydrogen (secondary N) is 1. The Bertz CT molecular complexity index is 1100. The average Bonchev–Trinajstić information content (AvgIpc) is 2.70. The molecule has 144 valence electrons. The summed E-state index contributed by atoms with van der Waals surface area (Å²) in [5.74, 6) is -1.76. The Morgan fingerprint density at radius 3 is 2.64 bits per heavy atom. The van der Waals surface area contributed by atoms with Crippen molar-refractivity contribution in [2.24, 2.45) is 0 Å². The normalized spacial score (nSPS) is 10.6. The number of rotatable bonds is 6. The minimum atomic E-state index is -0.614. The molecule has 0 spiro atoms. The minimum absolute atomic E-state index is 0.0616. The number of carbonyl (C=O) groups is 2. The third-order valence-corrected chi connectivity index (χ3v) is 4.80. The fourth-order valence-electron chi connectivity index (χ4n) is 2.47. The summed E-state index contributed by atoms with van der Waals surface area (Å²) in [6, 6.07) is 12.5. The second-order valence-corrected chi connectivity index (χ2v) is 6.64. The summed E-state index contributed by atoms with van der Waals surface area (Å²) < 4.78 is 19.5. The Hall–Kier alpha value is -3.20. The number of thioether (sulfide) groups is 1. The van der Waals surface area contributed by atoms with Crippen LogP contribution in [0, 0.1) is 5.82 Å². The van der Waals surface area contributed by atoms with E-state index in [1.165, 1.54) is 25.3 Å². The number of esters is 1. The number of hydrogen-bond donors (Lipinski definition) is 1. The highest BCUT2D eigenvalue weighted by Gasteiger charge is 2.16. The number of para-hydroxylation sites is 2. The largest absolute Gasteiger partial charge is 0.468 e. The van der Waals surface area contributed by atoms with E-state index in [0.29, 0.717) is 10.9 Å². The topological polar surface area (TPSA) is 90.3 Å². The summed E-state index contributed by atoms with van der Waals surface area (Å²) in [5.41, 5.74) is 0.102. The van der Waals surface area contributed by atoms with Gasteiger partial charge in [-0.15, -0.1) is 0 Å². The molecule has 0 saturated carbocycles. The van der Waals surface area contributed by atoms with E-state index < -0.39 is 23.3 Å². The van der Waals surface area contributed by atoms with Gasteiger partial charge in [-0.1, -0.05) is 36.0 Å². The Balaban J connectivity index is 1.85. The Morgan fingerprint density at radius 2 is 1.89 bits per heavy atom. The first kappa shape index (κ1) is 19.6. The van der Waals surface area contributed by atoms with Gasteiger partial charge in [0.15, 0.2) is 5.16 Å². The number of hydrogen-bond acceptors (Lipinski definition) is 6. The zero-order valence-corrected chi connectivity index (χ0v) is 15.7. The first-order valence-electron chi connectivity index (χ1n) is 8.23. The van der Waals surface area contributed by atoms with Crippen molar-refractivity contribution in [2.75, 3.05) is 18.2 Å². The number of amides is 1. The first-order valence-corrected chi connectivity index (χ1v) is 9.21. The lowest BCUT2D eigenvalue weighted by Gasteiger charge is -2.12. The zero-order chi connectivity index (χ0) is 20.1. The highest BCUT2D eigenvalue weighted by molar-refractivity contribution is 7.99. The molecule has 1 N–H and O–H groups in total. The maximum atomic E-state index is 13.7. The van der Waals surface area contributed by atoms with Crippen molar-refractivity contribution in [1.82, 2.24) is 9.55 Å². The SMILES string of the molecule is COC(=O)Cn1c(SCC(=O)Nc2ccccc2F)nc2ccccc2c1=O. The van der Waals surface area contributed by atoms with Gasteiger partial charge in [0.25, 0.3) is 5.56 Å². The van der Waals surface area contributed by atoms with Crippen LogP contribution < -0.4 is 10.9 Å². The molecule has 0 fully saturated rings. The fourth-order valence-corrected chi connectivity index (χ4v) is 3.27. The molecule has 9 heteroatoms. The number of carbonyl (C=O) groups excluding carboxylic acids is 2. The van der Waals surface area contributed by atoms with Crippen LogP contribution in [0.5, 0.6) is 0 Å². The molecule has 0 unspecified atom stereocenters. The molecule has 28 heavy (non-hydrogen) atoms. The quantitative estimate of drug-likeness (QED) is 0.388. The lowest BCUT2D eigenvalue weighted by molar-refractivity contribution is -0.141. The van der Waals surface area contributed by atoms with Crippen molar-refractivity contribution in [3.8, 4) is 0 Å². The lowest BCUT2D eigenvalue weighted by Crippen LogP contribution is -2.28. The molecule has 0 aliphatic heterocycles. The molecular formula is C19H16FN3O4S. The monoisotopic (exact) mass is 401 g/mol. The number of nitrogens with zero attached hydrogens (tertiary/aromatic N) is 2. The van der Waals surface area contributed by atoms with Crippen LogP contribution in [0.2, 0.25) is 0 Å². The molecule has 3 aromatic rings. The van der Waals surface area contributed by atoms with Gasteiger partial charge in [0.05, 0.1) is 29.5 Å². The van der Waals surface area contributed by atoms with E-state index in [4.69, 9.17) is 0 Å². The van der Waals surface area contributed by atoms with Crippen molar-refractivity contribution in [3.05, 3.63) is 64.7 Å². The molecule has 0 aliphatic carbocycles. The molecule has 0 aliphatic rings. The van der Waals surface area contributed by atoms with Crippen molar-refractivity contribution in [2.45, 2.75) is 11.7 Å². The van der Waals surface area contributed by atoms with Gasteiger partial charge < -0.3 is 10.1 Å². The minimum Gasteiger partial charge on any atom is -0.468 e. The second-order valence-electron chi connectivity index (χ2n) is 5.70. The van der Waals surface area contributed by atoms with Crippen LogP contribution in [-0.2, 0) is 20.9 Å². The molecule has 0 bridgehead atoms. The van der Waals surface area contributed by atoms with E-state index in [0.717, 1.165) is 16.3 Å². The predicted molar refractivity (Wildman–Crippen MR) is 104 cm³/mol. The number of benzene rings is 2. The van der Waals surface area contributed by atoms with Gasteiger partial charge >= 0.3 is 5.97 Å². The molecule has 1 heterocycles. The fraction of sp³-hybridized carbons (Fsp3) is 0.158. The summed E-state index contributed by atoms with van der Waals surface area (Å²) in [6.07, 6.45) is 0. The van der Waals surface area contributed by atoms with E-state index in [1.807, 2.05) is 0 Å². The van der Waals surface area contributed by atoms with Gasteiger partial charge in [0, 0.05) is 0 Å². The molecular weight excluding hydrogens is 385 g/mol. The summed E-state index contributed by atoms with van der Waals surface area (Å²) in [5, 5.41) is 3.01. The predicted octanol–water partition coefficient (Wildman–Crippen LogP) is 2.44. The number of fused-ring (bicyclic) bond motifs is 1. The van der Waals surface area contributed by atoms with Crippen molar-refractivity contribution in [1.29, 1.82) is 0 Å². The number of halogens is 1. The Kier molecular flexibility index (Phi) is 6.05. The van der Waals surface area contributed by atoms with Gasteiger partial charge in [-0.25, -0.2) is 9.37 Å². The standard InChI is InChI=1S/C19H16FN3O4S/c1-27-17(25)10-23-18(26)12-6-2-4-8-14(12)22-19(23)28-11-16(24)21-15-9-5-3-7-13(15)20/h2-9H,10-11H2,1H3,(H,21,24). The van der Waals surface area contributed by atoms with Crippen molar-refractivity contribution in [3.63, 3.8) is 0 Å². The number of ether oxygens (including phenoxy) is 1. The maximum Gasteiger partial charge on any atom is 0.325 e. The Morgan fingerprint density at radius 1 is 1.18 bits per heavy atom. The van der Waals surface area contributed by atoms with Gasteiger partial charge in [-0.2, -0.15) is 0 Å². The molecule has 0 saturated heterocycles. The van der Waals surface area contributed by atoms with Crippen LogP contribution in [0.1, 0.15) is 0 Å². The zero-order valence-electron chi connectivity index (χ0n) is 14.8. The van der Waals surface area contributed by atoms with Crippen LogP contribution in [0.3, 0.4) is 0 Å². The highest BCUT2D eigenvalue weighted by Crippen LogP contribution is 2.19. The Labute approximate surface area is 163 Å².